The van der Waals surface area contributed by atoms with Crippen molar-refractivity contribution in [3.63, 3.8) is 0 Å². The van der Waals surface area contributed by atoms with Crippen molar-refractivity contribution in [2.75, 3.05) is 19.8 Å². The monoisotopic (exact) mass is 261 g/mol. The summed E-state index contributed by atoms with van der Waals surface area (Å²) in [7, 11) is 0. The smallest absolute Gasteiger partial charge is 0.110 e. The molecule has 0 radical (unpaired) electrons. The summed E-state index contributed by atoms with van der Waals surface area (Å²) in [5.74, 6) is 1.49. The Bertz CT molecular complexity index is 561. The fraction of sp³-hybridized carbons (Fsp3) is 0.500. The Morgan fingerprint density at radius 2 is 2.21 bits per heavy atom. The van der Waals surface area contributed by atoms with Crippen LogP contribution in [0.5, 0.6) is 0 Å². The van der Waals surface area contributed by atoms with Gasteiger partial charge in [-0.25, -0.2) is 4.98 Å². The van der Waals surface area contributed by atoms with Crippen LogP contribution in [0.4, 0.5) is 0 Å². The van der Waals surface area contributed by atoms with E-state index in [-0.39, 0.29) is 12.6 Å². The molecule has 0 amide bonds. The van der Waals surface area contributed by atoms with Crippen LogP contribution in [0.25, 0.3) is 11.0 Å². The van der Waals surface area contributed by atoms with Crippen LogP contribution < -0.4 is 5.73 Å². The van der Waals surface area contributed by atoms with Crippen molar-refractivity contribution in [2.45, 2.75) is 24.8 Å². The molecule has 5 heteroatoms. The van der Waals surface area contributed by atoms with Crippen molar-refractivity contribution in [3.8, 4) is 0 Å². The molecule has 1 aliphatic heterocycles. The molecule has 0 aliphatic carbocycles. The van der Waals surface area contributed by atoms with Crippen LogP contribution in [0.1, 0.15) is 36.2 Å². The van der Waals surface area contributed by atoms with Gasteiger partial charge in [0.1, 0.15) is 5.82 Å². The Kier molecular flexibility index (Phi) is 3.50. The molecule has 1 fully saturated rings. The predicted octanol–water partition coefficient (Wildman–Crippen LogP) is 1.45. The molecule has 3 rings (SSSR count). The summed E-state index contributed by atoms with van der Waals surface area (Å²) in [6, 6.07) is 5.53. The van der Waals surface area contributed by atoms with E-state index in [4.69, 9.17) is 15.6 Å². The number of hydrogen-bond donors (Lipinski definition) is 3. The quantitative estimate of drug-likeness (QED) is 0.780. The number of nitrogens with one attached hydrogen (secondary N) is 1. The van der Waals surface area contributed by atoms with Gasteiger partial charge in [0, 0.05) is 19.1 Å². The fourth-order valence-corrected chi connectivity index (χ4v) is 2.55. The first-order chi connectivity index (χ1) is 9.28. The fourth-order valence-electron chi connectivity index (χ4n) is 2.55. The lowest BCUT2D eigenvalue weighted by Gasteiger charge is -2.19. The highest BCUT2D eigenvalue weighted by Gasteiger charge is 2.19. The zero-order chi connectivity index (χ0) is 13.2. The van der Waals surface area contributed by atoms with Crippen molar-refractivity contribution in [3.05, 3.63) is 29.6 Å². The number of H-pyrrole nitrogens is 1. The molecule has 1 aliphatic rings. The van der Waals surface area contributed by atoms with Crippen LogP contribution in [-0.2, 0) is 4.74 Å². The van der Waals surface area contributed by atoms with E-state index in [1.165, 1.54) is 0 Å². The van der Waals surface area contributed by atoms with Crippen LogP contribution in [-0.4, -0.2) is 34.9 Å². The van der Waals surface area contributed by atoms with Crippen LogP contribution >= 0.6 is 0 Å². The largest absolute Gasteiger partial charge is 0.394 e. The highest BCUT2D eigenvalue weighted by molar-refractivity contribution is 5.76. The first-order valence-electron chi connectivity index (χ1n) is 6.71. The number of nitrogens with zero attached hydrogens (tertiary/aromatic N) is 1. The molecule has 1 aromatic heterocycles. The average molecular weight is 261 g/mol. The molecule has 2 aromatic rings. The van der Waals surface area contributed by atoms with Gasteiger partial charge in [-0.3, -0.25) is 0 Å². The number of hydrogen-bond acceptors (Lipinski definition) is 4. The Hall–Kier alpha value is -1.43. The van der Waals surface area contributed by atoms with Crippen molar-refractivity contribution >= 4 is 11.0 Å². The molecule has 2 heterocycles. The molecule has 1 unspecified atom stereocenters. The van der Waals surface area contributed by atoms with E-state index in [0.29, 0.717) is 5.92 Å². The molecule has 1 aromatic carbocycles. The molecular weight excluding hydrogens is 242 g/mol. The van der Waals surface area contributed by atoms with Crippen molar-refractivity contribution in [1.29, 1.82) is 0 Å². The van der Waals surface area contributed by atoms with Crippen LogP contribution in [0.2, 0.25) is 0 Å². The molecule has 0 saturated carbocycles. The Morgan fingerprint density at radius 1 is 1.42 bits per heavy atom. The lowest BCUT2D eigenvalue weighted by molar-refractivity contribution is 0.0838. The number of aliphatic hydroxyl groups excluding tert-OH is 1. The third-order valence-corrected chi connectivity index (χ3v) is 3.76. The topological polar surface area (TPSA) is 84.2 Å². The first kappa shape index (κ1) is 12.6. The maximum atomic E-state index is 9.10. The van der Waals surface area contributed by atoms with Gasteiger partial charge in [-0.2, -0.15) is 0 Å². The number of benzene rings is 1. The highest BCUT2D eigenvalue weighted by Crippen LogP contribution is 2.27. The third kappa shape index (κ3) is 2.49. The molecule has 0 spiro atoms. The number of aromatic nitrogens is 2. The Morgan fingerprint density at radius 3 is 2.95 bits per heavy atom. The van der Waals surface area contributed by atoms with Crippen LogP contribution in [0.3, 0.4) is 0 Å². The van der Waals surface area contributed by atoms with E-state index in [1.807, 2.05) is 18.2 Å². The first-order valence-corrected chi connectivity index (χ1v) is 6.71. The minimum atomic E-state index is -0.334. The van der Waals surface area contributed by atoms with Gasteiger partial charge >= 0.3 is 0 Å². The summed E-state index contributed by atoms with van der Waals surface area (Å²) in [5.41, 5.74) is 8.70. The van der Waals surface area contributed by atoms with E-state index in [2.05, 4.69) is 9.97 Å². The zero-order valence-electron chi connectivity index (χ0n) is 10.8. The normalized spacial score (nSPS) is 18.8. The Balaban J connectivity index is 1.91. The van der Waals surface area contributed by atoms with E-state index in [9.17, 15) is 0 Å². The standard InChI is InChI=1S/C14H19N3O2/c15-11(8-18)10-1-2-12-13(7-10)17-14(16-12)9-3-5-19-6-4-9/h1-2,7,9,11,18H,3-6,8,15H2,(H,16,17). The van der Waals surface area contributed by atoms with Gasteiger partial charge in [0.2, 0.25) is 0 Å². The van der Waals surface area contributed by atoms with Crippen molar-refractivity contribution in [1.82, 2.24) is 9.97 Å². The minimum Gasteiger partial charge on any atom is -0.394 e. The lowest BCUT2D eigenvalue weighted by Crippen LogP contribution is -2.15. The van der Waals surface area contributed by atoms with E-state index >= 15 is 0 Å². The number of nitrogens with two attached hydrogens (primary N) is 1. The zero-order valence-corrected chi connectivity index (χ0v) is 10.8. The van der Waals surface area contributed by atoms with Gasteiger partial charge in [-0.1, -0.05) is 6.07 Å². The molecule has 1 atom stereocenters. The summed E-state index contributed by atoms with van der Waals surface area (Å²) < 4.78 is 5.37. The second-order valence-corrected chi connectivity index (χ2v) is 5.07. The van der Waals surface area contributed by atoms with Crippen LogP contribution in [0.15, 0.2) is 18.2 Å². The summed E-state index contributed by atoms with van der Waals surface area (Å²) in [6.07, 6.45) is 2.03. The van der Waals surface area contributed by atoms with E-state index in [1.54, 1.807) is 0 Å². The van der Waals surface area contributed by atoms with Crippen molar-refractivity contribution in [2.24, 2.45) is 5.73 Å². The second kappa shape index (κ2) is 5.28. The number of rotatable bonds is 3. The van der Waals surface area contributed by atoms with Crippen LogP contribution in [0, 0.1) is 0 Å². The number of aromatic amines is 1. The minimum absolute atomic E-state index is 0.0491. The molecule has 1 saturated heterocycles. The highest BCUT2D eigenvalue weighted by atomic mass is 16.5. The number of aliphatic hydroxyl groups is 1. The lowest BCUT2D eigenvalue weighted by atomic mass is 10.00. The molecular formula is C14H19N3O2. The van der Waals surface area contributed by atoms with Gasteiger partial charge in [0.25, 0.3) is 0 Å². The number of ether oxygens (including phenoxy) is 1. The number of imidazole rings is 1. The van der Waals surface area contributed by atoms with Gasteiger partial charge in [-0.15, -0.1) is 0 Å². The van der Waals surface area contributed by atoms with E-state index < -0.39 is 0 Å². The molecule has 5 nitrogen and oxygen atoms in total. The summed E-state index contributed by atoms with van der Waals surface area (Å²) >= 11 is 0. The average Bonchev–Trinajstić information content (AvgIpc) is 2.90. The SMILES string of the molecule is NC(CO)c1ccc2nc(C3CCOCC3)[nH]c2c1. The Labute approximate surface area is 111 Å². The molecule has 0 bridgehead atoms. The molecule has 19 heavy (non-hydrogen) atoms. The summed E-state index contributed by atoms with van der Waals surface area (Å²) in [6.45, 7) is 1.57. The summed E-state index contributed by atoms with van der Waals surface area (Å²) in [5, 5.41) is 9.10. The molecule has 102 valence electrons. The van der Waals surface area contributed by atoms with E-state index in [0.717, 1.165) is 48.5 Å². The maximum Gasteiger partial charge on any atom is 0.110 e. The van der Waals surface area contributed by atoms with Gasteiger partial charge in [0.05, 0.1) is 23.7 Å². The van der Waals surface area contributed by atoms with Gasteiger partial charge in [-0.05, 0) is 30.5 Å². The second-order valence-electron chi connectivity index (χ2n) is 5.07. The van der Waals surface area contributed by atoms with Gasteiger partial charge < -0.3 is 20.6 Å². The predicted molar refractivity (Wildman–Crippen MR) is 72.9 cm³/mol. The maximum absolute atomic E-state index is 9.10. The van der Waals surface area contributed by atoms with Gasteiger partial charge in [0.15, 0.2) is 0 Å². The number of fused-ring (bicyclic) bond motifs is 1. The summed E-state index contributed by atoms with van der Waals surface area (Å²) in [4.78, 5) is 8.03. The molecule has 4 N–H and O–H groups in total. The van der Waals surface area contributed by atoms with Crippen molar-refractivity contribution < 1.29 is 9.84 Å². The third-order valence-electron chi connectivity index (χ3n) is 3.76.